The van der Waals surface area contributed by atoms with Crippen LogP contribution >= 0.6 is 0 Å². The maximum Gasteiger partial charge on any atom is 0.231 e. The first-order valence-corrected chi connectivity index (χ1v) is 16.7. The molecule has 4 aromatic carbocycles. The summed E-state index contributed by atoms with van der Waals surface area (Å²) in [5.74, 6) is 6.32. The van der Waals surface area contributed by atoms with Crippen LogP contribution in [0.1, 0.15) is 45.5 Å². The predicted molar refractivity (Wildman–Crippen MR) is 184 cm³/mol. The van der Waals surface area contributed by atoms with Crippen molar-refractivity contribution in [2.75, 3.05) is 62.4 Å². The van der Waals surface area contributed by atoms with Crippen LogP contribution in [0.25, 0.3) is 0 Å². The van der Waals surface area contributed by atoms with Crippen LogP contribution in [0.2, 0.25) is 0 Å². The largest absolute Gasteiger partial charge is 0.493 e. The van der Waals surface area contributed by atoms with E-state index in [0.717, 1.165) is 71.5 Å². The summed E-state index contributed by atoms with van der Waals surface area (Å²) in [6, 6.07) is 16.5. The zero-order valence-electron chi connectivity index (χ0n) is 28.9. The van der Waals surface area contributed by atoms with Crippen LogP contribution in [0, 0.1) is 0 Å². The van der Waals surface area contributed by atoms with Gasteiger partial charge in [0.2, 0.25) is 24.0 Å². The maximum atomic E-state index is 7.24. The van der Waals surface area contributed by atoms with Gasteiger partial charge in [-0.2, -0.15) is 0 Å². The Bertz CT molecular complexity index is 1930. The lowest BCUT2D eigenvalue weighted by molar-refractivity contribution is 0.169. The van der Waals surface area contributed by atoms with Crippen molar-refractivity contribution in [3.05, 3.63) is 81.9 Å². The molecular weight excluding hydrogens is 624 g/mol. The average molecular weight is 667 g/mol. The zero-order valence-corrected chi connectivity index (χ0v) is 28.9. The van der Waals surface area contributed by atoms with Crippen molar-refractivity contribution in [1.29, 1.82) is 0 Å². The molecule has 0 N–H and O–H groups in total. The summed E-state index contributed by atoms with van der Waals surface area (Å²) in [7, 11) is 11.0. The molecule has 8 rings (SSSR count). The molecule has 0 aliphatic carbocycles. The molecule has 2 atom stereocenters. The second-order valence-corrected chi connectivity index (χ2v) is 13.1. The van der Waals surface area contributed by atoms with E-state index in [0.29, 0.717) is 58.2 Å². The number of rotatable bonds is 4. The third kappa shape index (κ3) is 5.25. The van der Waals surface area contributed by atoms with E-state index in [2.05, 4.69) is 54.2 Å². The second-order valence-electron chi connectivity index (χ2n) is 13.1. The SMILES string of the molecule is COc1ccc2cc1Oc1cccc(c1)C[C@H]1c3c(c(OC)c4c(c3Oc3c5c(cc(OC)c3OC)[C@H](C2)N(C)CC5)OCO4)CCN1C. The van der Waals surface area contributed by atoms with Crippen LogP contribution in [0.3, 0.4) is 0 Å². The lowest BCUT2D eigenvalue weighted by Crippen LogP contribution is -2.34. The van der Waals surface area contributed by atoms with Crippen LogP contribution < -0.4 is 37.9 Å². The summed E-state index contributed by atoms with van der Waals surface area (Å²) in [4.78, 5) is 4.75. The summed E-state index contributed by atoms with van der Waals surface area (Å²) >= 11 is 0. The fourth-order valence-corrected chi connectivity index (χ4v) is 7.94. The minimum absolute atomic E-state index is 0.0279. The summed E-state index contributed by atoms with van der Waals surface area (Å²) in [5, 5.41) is 0. The fraction of sp³-hybridized carbons (Fsp3) is 0.385. The van der Waals surface area contributed by atoms with E-state index in [1.807, 2.05) is 18.2 Å². The van der Waals surface area contributed by atoms with Crippen molar-refractivity contribution in [2.24, 2.45) is 0 Å². The average Bonchev–Trinajstić information content (AvgIpc) is 3.60. The molecule has 4 heterocycles. The number of hydrogen-bond donors (Lipinski definition) is 0. The third-order valence-electron chi connectivity index (χ3n) is 10.4. The predicted octanol–water partition coefficient (Wildman–Crippen LogP) is 6.89. The summed E-state index contributed by atoms with van der Waals surface area (Å²) in [6.45, 7) is 1.74. The number of hydrogen-bond acceptors (Lipinski definition) is 10. The van der Waals surface area contributed by atoms with Crippen LogP contribution in [-0.2, 0) is 25.7 Å². The Morgan fingerprint density at radius 2 is 1.35 bits per heavy atom. The fourth-order valence-electron chi connectivity index (χ4n) is 7.94. The lowest BCUT2D eigenvalue weighted by atomic mass is 9.86. The molecule has 256 valence electrons. The normalized spacial score (nSPS) is 19.6. The molecule has 4 aliphatic heterocycles. The highest BCUT2D eigenvalue weighted by atomic mass is 16.7. The molecule has 0 spiro atoms. The van der Waals surface area contributed by atoms with Gasteiger partial charge in [-0.1, -0.05) is 18.2 Å². The molecule has 0 fully saturated rings. The van der Waals surface area contributed by atoms with Gasteiger partial charge in [-0.05, 0) is 86.8 Å². The van der Waals surface area contributed by atoms with Gasteiger partial charge in [0.15, 0.2) is 34.5 Å². The molecule has 0 saturated heterocycles. The highest BCUT2D eigenvalue weighted by Crippen LogP contribution is 2.59. The molecule has 0 aromatic heterocycles. The van der Waals surface area contributed by atoms with Crippen molar-refractivity contribution >= 4 is 0 Å². The zero-order chi connectivity index (χ0) is 33.8. The molecule has 10 heteroatoms. The first-order valence-electron chi connectivity index (χ1n) is 16.7. The summed E-state index contributed by atoms with van der Waals surface area (Å²) in [6.07, 6.45) is 2.95. The third-order valence-corrected chi connectivity index (χ3v) is 10.4. The summed E-state index contributed by atoms with van der Waals surface area (Å²) < 4.78 is 50.0. The molecule has 10 nitrogen and oxygen atoms in total. The smallest absolute Gasteiger partial charge is 0.231 e. The van der Waals surface area contributed by atoms with Crippen LogP contribution in [0.4, 0.5) is 0 Å². The van der Waals surface area contributed by atoms with Gasteiger partial charge in [-0.3, -0.25) is 9.80 Å². The van der Waals surface area contributed by atoms with Crippen molar-refractivity contribution in [3.63, 3.8) is 0 Å². The molecule has 0 unspecified atom stereocenters. The van der Waals surface area contributed by atoms with Gasteiger partial charge in [0.1, 0.15) is 5.75 Å². The van der Waals surface area contributed by atoms with Crippen molar-refractivity contribution in [1.82, 2.24) is 9.80 Å². The van der Waals surface area contributed by atoms with Crippen molar-refractivity contribution < 1.29 is 37.9 Å². The van der Waals surface area contributed by atoms with E-state index in [4.69, 9.17) is 37.9 Å². The Hall–Kier alpha value is -4.80. The van der Waals surface area contributed by atoms with E-state index in [-0.39, 0.29) is 18.9 Å². The van der Waals surface area contributed by atoms with Crippen LogP contribution in [0.5, 0.6) is 57.5 Å². The van der Waals surface area contributed by atoms with Gasteiger partial charge in [0, 0.05) is 41.9 Å². The van der Waals surface area contributed by atoms with Crippen molar-refractivity contribution in [3.8, 4) is 57.5 Å². The Morgan fingerprint density at radius 3 is 2.12 bits per heavy atom. The topological polar surface area (TPSA) is 80.3 Å². The van der Waals surface area contributed by atoms with E-state index >= 15 is 0 Å². The van der Waals surface area contributed by atoms with Crippen LogP contribution in [0.15, 0.2) is 48.5 Å². The van der Waals surface area contributed by atoms with Gasteiger partial charge in [-0.15, -0.1) is 0 Å². The van der Waals surface area contributed by atoms with E-state index < -0.39 is 0 Å². The number of benzene rings is 4. The molecule has 0 saturated carbocycles. The summed E-state index contributed by atoms with van der Waals surface area (Å²) in [5.41, 5.74) is 6.52. The first kappa shape index (κ1) is 31.5. The highest BCUT2D eigenvalue weighted by Gasteiger charge is 2.40. The van der Waals surface area contributed by atoms with Gasteiger partial charge in [0.25, 0.3) is 0 Å². The van der Waals surface area contributed by atoms with E-state index in [1.165, 1.54) is 0 Å². The van der Waals surface area contributed by atoms with Gasteiger partial charge in [0.05, 0.1) is 28.4 Å². The number of likely N-dealkylation sites (N-methyl/N-ethyl adjacent to an activating group) is 2. The second kappa shape index (κ2) is 12.6. The molecular formula is C39H42N2O8. The minimum Gasteiger partial charge on any atom is -0.493 e. The minimum atomic E-state index is -0.0720. The molecule has 49 heavy (non-hydrogen) atoms. The Kier molecular flexibility index (Phi) is 8.08. The Morgan fingerprint density at radius 1 is 0.633 bits per heavy atom. The highest BCUT2D eigenvalue weighted by molar-refractivity contribution is 5.72. The van der Waals surface area contributed by atoms with E-state index in [9.17, 15) is 0 Å². The number of ether oxygens (including phenoxy) is 8. The maximum absolute atomic E-state index is 7.24. The van der Waals surface area contributed by atoms with Crippen LogP contribution in [-0.4, -0.2) is 72.2 Å². The first-order chi connectivity index (χ1) is 23.9. The van der Waals surface area contributed by atoms with Gasteiger partial charge in [-0.25, -0.2) is 0 Å². The Balaban J connectivity index is 1.42. The molecule has 4 aliphatic rings. The monoisotopic (exact) mass is 666 g/mol. The quantitative estimate of drug-likeness (QED) is 0.230. The molecule has 4 aromatic rings. The molecule has 8 bridgehead atoms. The van der Waals surface area contributed by atoms with Gasteiger partial charge < -0.3 is 37.9 Å². The standard InChI is InChI=1S/C39H42N2O8/c1-40-14-12-25-27-20-32(43-4)36(45-6)35(25)49-37-33-26(34(44-5)38-39(37)47-21-46-38)13-15-41(2)29(33)18-22-8-7-9-24(16-22)48-31-19-23(17-28(27)40)10-11-30(31)42-3/h7-11,16,19-20,28-29H,12-15,17-18,21H2,1-6H3/t28-,29-/m0/s1. The number of fused-ring (bicyclic) bond motifs is 6. The van der Waals surface area contributed by atoms with Crippen molar-refractivity contribution in [2.45, 2.75) is 37.8 Å². The number of methoxy groups -OCH3 is 4. The lowest BCUT2D eigenvalue weighted by Gasteiger charge is -2.38. The van der Waals surface area contributed by atoms with Gasteiger partial charge >= 0.3 is 0 Å². The number of nitrogens with zero attached hydrogens (tertiary/aromatic N) is 2. The van der Waals surface area contributed by atoms with E-state index in [1.54, 1.807) is 28.4 Å². The Labute approximate surface area is 286 Å². The molecule has 0 amide bonds. The molecule has 0 radical (unpaired) electrons.